The average Bonchev–Trinajstić information content (AvgIpc) is 2.52. The van der Waals surface area contributed by atoms with Gasteiger partial charge in [-0.3, -0.25) is 0 Å². The first-order valence-electron chi connectivity index (χ1n) is 3.22. The van der Waals surface area contributed by atoms with Crippen molar-refractivity contribution in [3.8, 4) is 0 Å². The van der Waals surface area contributed by atoms with E-state index in [1.807, 2.05) is 0 Å². The van der Waals surface area contributed by atoms with Crippen LogP contribution in [0.2, 0.25) is 0 Å². The first kappa shape index (κ1) is 8.36. The van der Waals surface area contributed by atoms with Crippen molar-refractivity contribution in [2.24, 2.45) is 5.73 Å². The van der Waals surface area contributed by atoms with Crippen molar-refractivity contribution in [1.29, 1.82) is 0 Å². The van der Waals surface area contributed by atoms with Gasteiger partial charge in [-0.15, -0.1) is 0 Å². The minimum Gasteiger partial charge on any atom is -0.440 e. The summed E-state index contributed by atoms with van der Waals surface area (Å²) in [4.78, 5) is 3.94. The predicted octanol–water partition coefficient (Wildman–Crippen LogP) is 1.28. The summed E-state index contributed by atoms with van der Waals surface area (Å²) in [5.74, 6) is 0.775. The van der Waals surface area contributed by atoms with Crippen LogP contribution in [0.25, 0.3) is 0 Å². The lowest BCUT2D eigenvalue weighted by molar-refractivity contribution is 0.454. The molecule has 0 saturated carbocycles. The summed E-state index contributed by atoms with van der Waals surface area (Å²) in [7, 11) is 0. The Morgan fingerprint density at radius 2 is 2.64 bits per heavy atom. The second-order valence-electron chi connectivity index (χ2n) is 2.04. The summed E-state index contributed by atoms with van der Waals surface area (Å²) in [5, 5.41) is 0.666. The van der Waals surface area contributed by atoms with E-state index in [1.54, 1.807) is 12.5 Å². The molecule has 0 radical (unpaired) electrons. The van der Waals surface area contributed by atoms with Gasteiger partial charge in [0, 0.05) is 12.3 Å². The Bertz CT molecular complexity index is 220. The molecule has 0 unspecified atom stereocenters. The van der Waals surface area contributed by atoms with Gasteiger partial charge in [-0.2, -0.15) is 0 Å². The highest BCUT2D eigenvalue weighted by Gasteiger charge is 1.98. The fraction of sp³-hybridized carbons (Fsp3) is 0.286. The van der Waals surface area contributed by atoms with Gasteiger partial charge in [-0.1, -0.05) is 23.9 Å². The maximum atomic E-state index is 5.35. The van der Waals surface area contributed by atoms with Crippen LogP contribution in [0.3, 0.4) is 0 Å². The molecule has 1 heterocycles. The molecule has 1 rings (SSSR count). The molecule has 3 nitrogen and oxygen atoms in total. The van der Waals surface area contributed by atoms with Gasteiger partial charge in [-0.25, -0.2) is 4.98 Å². The molecule has 0 aromatic carbocycles. The van der Waals surface area contributed by atoms with Crippen molar-refractivity contribution >= 4 is 11.8 Å². The molecular weight excluding hydrogens is 160 g/mol. The zero-order chi connectivity index (χ0) is 8.10. The SMILES string of the molecule is C=C(CN)CSc1ncco1. The highest BCUT2D eigenvalue weighted by Crippen LogP contribution is 2.16. The number of nitrogens with zero attached hydrogens (tertiary/aromatic N) is 1. The van der Waals surface area contributed by atoms with Crippen LogP contribution in [0.5, 0.6) is 0 Å². The van der Waals surface area contributed by atoms with Crippen LogP contribution >= 0.6 is 11.8 Å². The van der Waals surface area contributed by atoms with Gasteiger partial charge < -0.3 is 10.2 Å². The molecule has 1 aromatic rings. The topological polar surface area (TPSA) is 52.0 Å². The normalized spacial score (nSPS) is 9.91. The van der Waals surface area contributed by atoms with E-state index >= 15 is 0 Å². The van der Waals surface area contributed by atoms with E-state index in [4.69, 9.17) is 10.2 Å². The van der Waals surface area contributed by atoms with Crippen molar-refractivity contribution < 1.29 is 4.42 Å². The minimum absolute atomic E-state index is 0.522. The van der Waals surface area contributed by atoms with Crippen molar-refractivity contribution in [3.63, 3.8) is 0 Å². The monoisotopic (exact) mass is 170 g/mol. The Morgan fingerprint density at radius 3 is 3.18 bits per heavy atom. The van der Waals surface area contributed by atoms with E-state index in [2.05, 4.69) is 11.6 Å². The molecule has 0 aliphatic heterocycles. The number of hydrogen-bond acceptors (Lipinski definition) is 4. The summed E-state index contributed by atoms with van der Waals surface area (Å²) in [6.45, 7) is 4.28. The van der Waals surface area contributed by atoms with E-state index in [0.717, 1.165) is 11.3 Å². The molecule has 0 atom stereocenters. The first-order valence-corrected chi connectivity index (χ1v) is 4.20. The highest BCUT2D eigenvalue weighted by molar-refractivity contribution is 7.99. The maximum Gasteiger partial charge on any atom is 0.255 e. The number of oxazole rings is 1. The lowest BCUT2D eigenvalue weighted by Gasteiger charge is -1.96. The van der Waals surface area contributed by atoms with Gasteiger partial charge in [0.1, 0.15) is 6.26 Å². The smallest absolute Gasteiger partial charge is 0.255 e. The summed E-state index contributed by atoms with van der Waals surface area (Å²) < 4.78 is 5.00. The van der Waals surface area contributed by atoms with Crippen LogP contribution in [0.4, 0.5) is 0 Å². The van der Waals surface area contributed by atoms with E-state index in [0.29, 0.717) is 11.8 Å². The molecule has 4 heteroatoms. The van der Waals surface area contributed by atoms with Gasteiger partial charge in [-0.05, 0) is 0 Å². The van der Waals surface area contributed by atoms with Crippen molar-refractivity contribution in [2.45, 2.75) is 5.22 Å². The summed E-state index contributed by atoms with van der Waals surface area (Å²) in [6, 6.07) is 0. The van der Waals surface area contributed by atoms with Gasteiger partial charge >= 0.3 is 0 Å². The molecule has 0 aliphatic carbocycles. The second kappa shape index (κ2) is 4.20. The van der Waals surface area contributed by atoms with Gasteiger partial charge in [0.05, 0.1) is 6.20 Å². The summed E-state index contributed by atoms with van der Waals surface area (Å²) >= 11 is 1.50. The molecular formula is C7H10N2OS. The molecule has 60 valence electrons. The lowest BCUT2D eigenvalue weighted by atomic mass is 10.4. The third kappa shape index (κ3) is 2.78. The molecule has 0 saturated heterocycles. The first-order chi connectivity index (χ1) is 5.33. The quantitative estimate of drug-likeness (QED) is 0.546. The minimum atomic E-state index is 0.522. The second-order valence-corrected chi connectivity index (χ2v) is 2.97. The molecule has 0 bridgehead atoms. The largest absolute Gasteiger partial charge is 0.440 e. The number of hydrogen-bond donors (Lipinski definition) is 1. The third-order valence-corrected chi connectivity index (χ3v) is 2.10. The molecule has 0 spiro atoms. The van der Waals surface area contributed by atoms with E-state index < -0.39 is 0 Å². The van der Waals surface area contributed by atoms with Crippen molar-refractivity contribution in [2.75, 3.05) is 12.3 Å². The molecule has 1 aromatic heterocycles. The fourth-order valence-electron chi connectivity index (χ4n) is 0.504. The lowest BCUT2D eigenvalue weighted by Crippen LogP contribution is -2.03. The number of thioether (sulfide) groups is 1. The number of nitrogens with two attached hydrogens (primary N) is 1. The van der Waals surface area contributed by atoms with E-state index in [9.17, 15) is 0 Å². The Morgan fingerprint density at radius 1 is 1.82 bits per heavy atom. The maximum absolute atomic E-state index is 5.35. The van der Waals surface area contributed by atoms with Crippen LogP contribution in [0.1, 0.15) is 0 Å². The Labute approximate surface area is 69.7 Å². The molecule has 0 aliphatic rings. The average molecular weight is 170 g/mol. The molecule has 0 fully saturated rings. The van der Waals surface area contributed by atoms with Gasteiger partial charge in [0.15, 0.2) is 0 Å². The Kier molecular flexibility index (Phi) is 3.19. The van der Waals surface area contributed by atoms with E-state index in [-0.39, 0.29) is 0 Å². The van der Waals surface area contributed by atoms with Crippen LogP contribution in [0, 0.1) is 0 Å². The standard InChI is InChI=1S/C7H10N2OS/c1-6(4-8)5-11-7-9-2-3-10-7/h2-3H,1,4-5,8H2. The van der Waals surface area contributed by atoms with Crippen LogP contribution in [-0.2, 0) is 0 Å². The fourth-order valence-corrected chi connectivity index (χ4v) is 1.21. The highest BCUT2D eigenvalue weighted by atomic mass is 32.2. The zero-order valence-corrected chi connectivity index (χ0v) is 6.93. The van der Waals surface area contributed by atoms with Crippen LogP contribution < -0.4 is 5.73 Å². The molecule has 0 amide bonds. The molecule has 11 heavy (non-hydrogen) atoms. The zero-order valence-electron chi connectivity index (χ0n) is 6.12. The Balaban J connectivity index is 2.29. The van der Waals surface area contributed by atoms with Crippen molar-refractivity contribution in [3.05, 3.63) is 24.6 Å². The van der Waals surface area contributed by atoms with Crippen molar-refractivity contribution in [1.82, 2.24) is 4.98 Å². The number of aromatic nitrogens is 1. The van der Waals surface area contributed by atoms with Gasteiger partial charge in [0.2, 0.25) is 0 Å². The summed E-state index contributed by atoms with van der Waals surface area (Å²) in [6.07, 6.45) is 3.17. The van der Waals surface area contributed by atoms with Gasteiger partial charge in [0.25, 0.3) is 5.22 Å². The third-order valence-electron chi connectivity index (χ3n) is 1.10. The summed E-state index contributed by atoms with van der Waals surface area (Å²) in [5.41, 5.74) is 6.34. The van der Waals surface area contributed by atoms with Crippen LogP contribution in [-0.4, -0.2) is 17.3 Å². The molecule has 2 N–H and O–H groups in total. The van der Waals surface area contributed by atoms with E-state index in [1.165, 1.54) is 11.8 Å². The van der Waals surface area contributed by atoms with Crippen LogP contribution in [0.15, 0.2) is 34.3 Å². The predicted molar refractivity (Wildman–Crippen MR) is 45.4 cm³/mol. The number of rotatable bonds is 4. The Hall–Kier alpha value is -0.740.